The van der Waals surface area contributed by atoms with Crippen LogP contribution in [0.25, 0.3) is 22.3 Å². The highest BCUT2D eigenvalue weighted by atomic mass is 16.5. The highest BCUT2D eigenvalue weighted by Crippen LogP contribution is 2.40. The van der Waals surface area contributed by atoms with E-state index in [0.29, 0.717) is 0 Å². The van der Waals surface area contributed by atoms with Gasteiger partial charge in [0, 0.05) is 46.3 Å². The smallest absolute Gasteiger partial charge is 0.123 e. The fourth-order valence-corrected chi connectivity index (χ4v) is 6.41. The highest BCUT2D eigenvalue weighted by Gasteiger charge is 2.16. The summed E-state index contributed by atoms with van der Waals surface area (Å²) < 4.78 is 11.3. The first kappa shape index (κ1) is 32.3. The van der Waals surface area contributed by atoms with Gasteiger partial charge >= 0.3 is 0 Å². The summed E-state index contributed by atoms with van der Waals surface area (Å²) in [7, 11) is 3.44. The Morgan fingerprint density at radius 1 is 0.320 bits per heavy atom. The van der Waals surface area contributed by atoms with Gasteiger partial charge in [0.15, 0.2) is 0 Å². The molecule has 7 rings (SSSR count). The third-order valence-electron chi connectivity index (χ3n) is 9.13. The van der Waals surface area contributed by atoms with Crippen molar-refractivity contribution >= 4 is 34.1 Å². The predicted octanol–water partition coefficient (Wildman–Crippen LogP) is 12.6. The molecule has 0 spiro atoms. The van der Waals surface area contributed by atoms with Crippen LogP contribution in [-0.4, -0.2) is 14.2 Å². The molecule has 0 radical (unpaired) electrons. The van der Waals surface area contributed by atoms with Crippen LogP contribution in [0.2, 0.25) is 0 Å². The topological polar surface area (TPSA) is 24.9 Å². The third kappa shape index (κ3) is 6.69. The molecule has 4 heteroatoms. The van der Waals surface area contributed by atoms with Gasteiger partial charge in [0.25, 0.3) is 0 Å². The Labute approximate surface area is 295 Å². The van der Waals surface area contributed by atoms with Gasteiger partial charge in [-0.3, -0.25) is 0 Å². The molecular formula is C46H40N2O2. The summed E-state index contributed by atoms with van der Waals surface area (Å²) in [6.45, 7) is 4.13. The van der Waals surface area contributed by atoms with Crippen LogP contribution < -0.4 is 19.3 Å². The molecule has 0 N–H and O–H groups in total. The molecule has 0 heterocycles. The quantitative estimate of drug-likeness (QED) is 0.147. The Balaban J connectivity index is 1.14. The molecule has 0 aliphatic heterocycles. The molecule has 246 valence electrons. The average Bonchev–Trinajstić information content (AvgIpc) is 3.18. The SMILES string of the molecule is COc1cc(N(c2ccccc2)c2ccc(-c3ccc(-c4ccc(N(c5ccccc5)c5ccc(C)c(OC)c5)cc4)cc3)cc2)ccc1C. The molecule has 0 saturated heterocycles. The standard InChI is InChI=1S/C46H40N2O2/c1-33-15-25-43(31-45(33)49-3)47(39-11-7-5-8-12-39)41-27-21-37(22-28-41)35-17-19-36(20-18-35)38-23-29-42(30-24-38)48(40-13-9-6-10-14-40)44-26-16-34(2)46(32-44)50-4/h5-32H,1-4H3. The van der Waals surface area contributed by atoms with Crippen LogP contribution in [0.5, 0.6) is 11.5 Å². The van der Waals surface area contributed by atoms with E-state index in [4.69, 9.17) is 9.47 Å². The molecule has 0 fully saturated rings. The van der Waals surface area contributed by atoms with Crippen LogP contribution in [0.4, 0.5) is 34.1 Å². The minimum Gasteiger partial charge on any atom is -0.496 e. The number of hydrogen-bond acceptors (Lipinski definition) is 4. The molecule has 0 atom stereocenters. The minimum absolute atomic E-state index is 0.871. The maximum Gasteiger partial charge on any atom is 0.123 e. The van der Waals surface area contributed by atoms with Gasteiger partial charge in [-0.15, -0.1) is 0 Å². The summed E-state index contributed by atoms with van der Waals surface area (Å²) in [4.78, 5) is 4.51. The zero-order chi connectivity index (χ0) is 34.5. The number of aryl methyl sites for hydroxylation is 2. The van der Waals surface area contributed by atoms with Crippen molar-refractivity contribution in [3.63, 3.8) is 0 Å². The third-order valence-corrected chi connectivity index (χ3v) is 9.13. The van der Waals surface area contributed by atoms with E-state index in [-0.39, 0.29) is 0 Å². The van der Waals surface area contributed by atoms with Gasteiger partial charge in [0.2, 0.25) is 0 Å². The van der Waals surface area contributed by atoms with Gasteiger partial charge in [-0.05, 0) is 108 Å². The van der Waals surface area contributed by atoms with Crippen molar-refractivity contribution in [2.45, 2.75) is 13.8 Å². The van der Waals surface area contributed by atoms with E-state index in [2.05, 4.69) is 181 Å². The summed E-state index contributed by atoms with van der Waals surface area (Å²) in [6.07, 6.45) is 0. The van der Waals surface area contributed by atoms with E-state index < -0.39 is 0 Å². The van der Waals surface area contributed by atoms with Crippen LogP contribution in [0.15, 0.2) is 170 Å². The molecule has 4 nitrogen and oxygen atoms in total. The number of hydrogen-bond donors (Lipinski definition) is 0. The molecule has 0 aliphatic carbocycles. The number of nitrogens with zero attached hydrogens (tertiary/aromatic N) is 2. The van der Waals surface area contributed by atoms with Gasteiger partial charge in [0.05, 0.1) is 14.2 Å². The van der Waals surface area contributed by atoms with Crippen LogP contribution in [0.1, 0.15) is 11.1 Å². The van der Waals surface area contributed by atoms with Gasteiger partial charge in [-0.1, -0.05) is 97.1 Å². The summed E-state index contributed by atoms with van der Waals surface area (Å²) in [5, 5.41) is 0. The molecule has 7 aromatic carbocycles. The van der Waals surface area contributed by atoms with Gasteiger partial charge in [-0.25, -0.2) is 0 Å². The first-order chi connectivity index (χ1) is 24.5. The molecule has 0 aromatic heterocycles. The van der Waals surface area contributed by atoms with Gasteiger partial charge in [0.1, 0.15) is 11.5 Å². The molecule has 7 aromatic rings. The van der Waals surface area contributed by atoms with E-state index in [1.807, 2.05) is 12.1 Å². The second kappa shape index (κ2) is 14.5. The zero-order valence-electron chi connectivity index (χ0n) is 28.9. The van der Waals surface area contributed by atoms with E-state index in [1.54, 1.807) is 14.2 Å². The monoisotopic (exact) mass is 652 g/mol. The molecular weight excluding hydrogens is 613 g/mol. The van der Waals surface area contributed by atoms with E-state index >= 15 is 0 Å². The first-order valence-electron chi connectivity index (χ1n) is 16.8. The lowest BCUT2D eigenvalue weighted by Crippen LogP contribution is -2.10. The number of para-hydroxylation sites is 2. The van der Waals surface area contributed by atoms with Crippen molar-refractivity contribution < 1.29 is 9.47 Å². The summed E-state index contributed by atoms with van der Waals surface area (Å²) in [5.41, 5.74) is 13.3. The maximum absolute atomic E-state index is 5.66. The Bertz CT molecular complexity index is 2020. The fourth-order valence-electron chi connectivity index (χ4n) is 6.41. The van der Waals surface area contributed by atoms with E-state index in [9.17, 15) is 0 Å². The van der Waals surface area contributed by atoms with Gasteiger partial charge < -0.3 is 19.3 Å². The van der Waals surface area contributed by atoms with E-state index in [1.165, 1.54) is 11.1 Å². The Hall–Kier alpha value is -6.26. The van der Waals surface area contributed by atoms with Crippen LogP contribution >= 0.6 is 0 Å². The van der Waals surface area contributed by atoms with Crippen molar-refractivity contribution in [3.05, 3.63) is 181 Å². The van der Waals surface area contributed by atoms with Crippen LogP contribution in [0, 0.1) is 13.8 Å². The number of rotatable bonds is 10. The molecule has 0 amide bonds. The van der Waals surface area contributed by atoms with Crippen molar-refractivity contribution in [2.75, 3.05) is 24.0 Å². The molecule has 0 bridgehead atoms. The average molecular weight is 653 g/mol. The van der Waals surface area contributed by atoms with Gasteiger partial charge in [-0.2, -0.15) is 0 Å². The highest BCUT2D eigenvalue weighted by molar-refractivity contribution is 5.81. The number of methoxy groups -OCH3 is 2. The lowest BCUT2D eigenvalue weighted by molar-refractivity contribution is 0.412. The van der Waals surface area contributed by atoms with Crippen molar-refractivity contribution in [1.82, 2.24) is 0 Å². The number of benzene rings is 7. The first-order valence-corrected chi connectivity index (χ1v) is 16.8. The summed E-state index contributed by atoms with van der Waals surface area (Å²) in [6, 6.07) is 59.9. The van der Waals surface area contributed by atoms with Crippen LogP contribution in [0.3, 0.4) is 0 Å². The number of anilines is 6. The number of ether oxygens (including phenoxy) is 2. The van der Waals surface area contributed by atoms with E-state index in [0.717, 1.165) is 67.9 Å². The minimum atomic E-state index is 0.871. The summed E-state index contributed by atoms with van der Waals surface area (Å²) in [5.74, 6) is 1.74. The Morgan fingerprint density at radius 3 is 0.920 bits per heavy atom. The van der Waals surface area contributed by atoms with Crippen LogP contribution in [-0.2, 0) is 0 Å². The lowest BCUT2D eigenvalue weighted by Gasteiger charge is -2.26. The fraction of sp³-hybridized carbons (Fsp3) is 0.0870. The molecule has 50 heavy (non-hydrogen) atoms. The lowest BCUT2D eigenvalue weighted by atomic mass is 9.99. The second-order valence-electron chi connectivity index (χ2n) is 12.3. The Morgan fingerprint density at radius 2 is 0.600 bits per heavy atom. The zero-order valence-corrected chi connectivity index (χ0v) is 28.9. The molecule has 0 unspecified atom stereocenters. The van der Waals surface area contributed by atoms with Crippen molar-refractivity contribution in [3.8, 4) is 33.8 Å². The van der Waals surface area contributed by atoms with Crippen molar-refractivity contribution in [1.29, 1.82) is 0 Å². The Kier molecular flexibility index (Phi) is 9.35. The van der Waals surface area contributed by atoms with Crippen molar-refractivity contribution in [2.24, 2.45) is 0 Å². The largest absolute Gasteiger partial charge is 0.496 e. The normalized spacial score (nSPS) is 10.8. The predicted molar refractivity (Wildman–Crippen MR) is 209 cm³/mol. The maximum atomic E-state index is 5.66. The summed E-state index contributed by atoms with van der Waals surface area (Å²) >= 11 is 0. The second-order valence-corrected chi connectivity index (χ2v) is 12.3. The molecule has 0 saturated carbocycles. The molecule has 0 aliphatic rings.